The molecule has 1 saturated carbocycles. The number of anilines is 1. The fourth-order valence-electron chi connectivity index (χ4n) is 3.33. The van der Waals surface area contributed by atoms with Crippen LogP contribution in [-0.4, -0.2) is 24.7 Å². The summed E-state index contributed by atoms with van der Waals surface area (Å²) in [4.78, 5) is 12.9. The SMILES string of the molecule is CCCOc1ccc(NC(=O)[C@@]2(OCC)CCC[C@@H](C)C2)cc1Cl. The van der Waals surface area contributed by atoms with Gasteiger partial charge in [-0.05, 0) is 56.7 Å². The first-order valence-corrected chi connectivity index (χ1v) is 9.26. The molecule has 4 nitrogen and oxygen atoms in total. The predicted octanol–water partition coefficient (Wildman–Crippen LogP) is 5.05. The lowest BCUT2D eigenvalue weighted by Gasteiger charge is -2.38. The zero-order chi connectivity index (χ0) is 17.6. The minimum Gasteiger partial charge on any atom is -0.492 e. The molecule has 0 aliphatic heterocycles. The number of hydrogen-bond acceptors (Lipinski definition) is 3. The molecule has 0 radical (unpaired) electrons. The van der Waals surface area contributed by atoms with E-state index in [4.69, 9.17) is 21.1 Å². The second kappa shape index (κ2) is 8.72. The van der Waals surface area contributed by atoms with E-state index in [1.165, 1.54) is 0 Å². The van der Waals surface area contributed by atoms with Gasteiger partial charge in [-0.2, -0.15) is 0 Å². The number of ether oxygens (including phenoxy) is 2. The highest BCUT2D eigenvalue weighted by Gasteiger charge is 2.42. The van der Waals surface area contributed by atoms with Gasteiger partial charge in [-0.1, -0.05) is 31.9 Å². The van der Waals surface area contributed by atoms with Gasteiger partial charge in [0.05, 0.1) is 11.6 Å². The first kappa shape index (κ1) is 19.1. The van der Waals surface area contributed by atoms with Crippen LogP contribution in [0.15, 0.2) is 18.2 Å². The average molecular weight is 354 g/mol. The second-order valence-electron chi connectivity index (χ2n) is 6.58. The topological polar surface area (TPSA) is 47.6 Å². The molecule has 0 saturated heterocycles. The Morgan fingerprint density at radius 2 is 2.21 bits per heavy atom. The Labute approximate surface area is 149 Å². The summed E-state index contributed by atoms with van der Waals surface area (Å²) < 4.78 is 11.5. The number of nitrogens with one attached hydrogen (secondary N) is 1. The lowest BCUT2D eigenvalue weighted by Crippen LogP contribution is -2.48. The first-order valence-electron chi connectivity index (χ1n) is 8.88. The van der Waals surface area contributed by atoms with Crippen LogP contribution < -0.4 is 10.1 Å². The third-order valence-corrected chi connectivity index (χ3v) is 4.74. The van der Waals surface area contributed by atoms with Crippen LogP contribution in [0.2, 0.25) is 5.02 Å². The molecule has 1 fully saturated rings. The molecule has 1 aromatic rings. The van der Waals surface area contributed by atoms with E-state index in [-0.39, 0.29) is 5.91 Å². The van der Waals surface area contributed by atoms with Crippen molar-refractivity contribution < 1.29 is 14.3 Å². The first-order chi connectivity index (χ1) is 11.5. The Morgan fingerprint density at radius 3 is 2.83 bits per heavy atom. The largest absolute Gasteiger partial charge is 0.492 e. The number of amides is 1. The highest BCUT2D eigenvalue weighted by molar-refractivity contribution is 6.32. The normalized spacial score (nSPS) is 23.8. The minimum absolute atomic E-state index is 0.0748. The molecule has 1 amide bonds. The average Bonchev–Trinajstić information content (AvgIpc) is 2.54. The molecule has 134 valence electrons. The van der Waals surface area contributed by atoms with Crippen molar-refractivity contribution in [3.05, 3.63) is 23.2 Å². The molecule has 2 atom stereocenters. The summed E-state index contributed by atoms with van der Waals surface area (Å²) in [5, 5.41) is 3.48. The van der Waals surface area contributed by atoms with Crippen molar-refractivity contribution in [1.29, 1.82) is 0 Å². The number of rotatable bonds is 7. The molecular formula is C19H28ClNO3. The molecule has 0 heterocycles. The predicted molar refractivity (Wildman–Crippen MR) is 97.9 cm³/mol. The Balaban J connectivity index is 2.10. The smallest absolute Gasteiger partial charge is 0.256 e. The highest BCUT2D eigenvalue weighted by Crippen LogP contribution is 2.36. The van der Waals surface area contributed by atoms with Gasteiger partial charge in [0.15, 0.2) is 0 Å². The number of benzene rings is 1. The van der Waals surface area contributed by atoms with E-state index in [2.05, 4.69) is 12.2 Å². The number of carbonyl (C=O) groups is 1. The zero-order valence-corrected chi connectivity index (χ0v) is 15.6. The van der Waals surface area contributed by atoms with Gasteiger partial charge in [0.1, 0.15) is 11.4 Å². The summed E-state index contributed by atoms with van der Waals surface area (Å²) in [5.41, 5.74) is -0.0536. The lowest BCUT2D eigenvalue weighted by molar-refractivity contribution is -0.147. The fraction of sp³-hybridized carbons (Fsp3) is 0.632. The monoisotopic (exact) mass is 353 g/mol. The van der Waals surface area contributed by atoms with Crippen molar-refractivity contribution in [2.24, 2.45) is 5.92 Å². The van der Waals surface area contributed by atoms with Gasteiger partial charge in [0.25, 0.3) is 5.91 Å². The maximum atomic E-state index is 12.9. The van der Waals surface area contributed by atoms with Crippen LogP contribution >= 0.6 is 11.6 Å². The van der Waals surface area contributed by atoms with Gasteiger partial charge in [-0.15, -0.1) is 0 Å². The molecule has 1 aromatic carbocycles. The summed E-state index contributed by atoms with van der Waals surface area (Å²) >= 11 is 6.25. The van der Waals surface area contributed by atoms with Crippen molar-refractivity contribution in [3.8, 4) is 5.75 Å². The van der Waals surface area contributed by atoms with E-state index in [1.807, 2.05) is 19.9 Å². The molecule has 0 unspecified atom stereocenters. The Hall–Kier alpha value is -1.26. The molecule has 5 heteroatoms. The third kappa shape index (κ3) is 4.64. The van der Waals surface area contributed by atoms with Gasteiger partial charge in [0, 0.05) is 12.3 Å². The van der Waals surface area contributed by atoms with Crippen LogP contribution in [0.4, 0.5) is 5.69 Å². The van der Waals surface area contributed by atoms with Crippen LogP contribution in [0, 0.1) is 5.92 Å². The van der Waals surface area contributed by atoms with E-state index < -0.39 is 5.60 Å². The van der Waals surface area contributed by atoms with Gasteiger partial charge < -0.3 is 14.8 Å². The third-order valence-electron chi connectivity index (χ3n) is 4.44. The zero-order valence-electron chi connectivity index (χ0n) is 14.9. The van der Waals surface area contributed by atoms with Crippen LogP contribution in [0.5, 0.6) is 5.75 Å². The summed E-state index contributed by atoms with van der Waals surface area (Å²) in [7, 11) is 0. The van der Waals surface area contributed by atoms with Crippen molar-refractivity contribution in [3.63, 3.8) is 0 Å². The Kier molecular flexibility index (Phi) is 6.93. The Bertz CT molecular complexity index is 560. The quantitative estimate of drug-likeness (QED) is 0.745. The molecule has 1 N–H and O–H groups in total. The van der Waals surface area contributed by atoms with E-state index in [0.717, 1.165) is 32.1 Å². The van der Waals surface area contributed by atoms with E-state index in [0.29, 0.717) is 35.6 Å². The fourth-order valence-corrected chi connectivity index (χ4v) is 3.57. The van der Waals surface area contributed by atoms with E-state index >= 15 is 0 Å². The van der Waals surface area contributed by atoms with Gasteiger partial charge >= 0.3 is 0 Å². The van der Waals surface area contributed by atoms with Crippen molar-refractivity contribution in [2.45, 2.75) is 58.5 Å². The standard InChI is InChI=1S/C19H28ClNO3/c1-4-11-23-17-9-8-15(12-16(17)20)21-18(22)19(24-5-2)10-6-7-14(3)13-19/h8-9,12,14H,4-7,10-11,13H2,1-3H3,(H,21,22)/t14-,19-/m1/s1. The van der Waals surface area contributed by atoms with E-state index in [1.54, 1.807) is 12.1 Å². The van der Waals surface area contributed by atoms with Crippen LogP contribution in [0.25, 0.3) is 0 Å². The number of carbonyl (C=O) groups excluding carboxylic acids is 1. The molecule has 0 spiro atoms. The Morgan fingerprint density at radius 1 is 1.42 bits per heavy atom. The van der Waals surface area contributed by atoms with Crippen molar-refractivity contribution in [1.82, 2.24) is 0 Å². The number of halogens is 1. The van der Waals surface area contributed by atoms with Crippen LogP contribution in [-0.2, 0) is 9.53 Å². The molecule has 24 heavy (non-hydrogen) atoms. The van der Waals surface area contributed by atoms with Gasteiger partial charge in [-0.3, -0.25) is 4.79 Å². The highest BCUT2D eigenvalue weighted by atomic mass is 35.5. The van der Waals surface area contributed by atoms with E-state index in [9.17, 15) is 4.79 Å². The van der Waals surface area contributed by atoms with Crippen LogP contribution in [0.3, 0.4) is 0 Å². The second-order valence-corrected chi connectivity index (χ2v) is 6.98. The van der Waals surface area contributed by atoms with Crippen LogP contribution in [0.1, 0.15) is 52.9 Å². The molecule has 2 rings (SSSR count). The van der Waals surface area contributed by atoms with Crippen molar-refractivity contribution >= 4 is 23.2 Å². The van der Waals surface area contributed by atoms with Gasteiger partial charge in [0.2, 0.25) is 0 Å². The summed E-state index contributed by atoms with van der Waals surface area (Å²) in [6.45, 7) is 7.31. The van der Waals surface area contributed by atoms with Crippen molar-refractivity contribution in [2.75, 3.05) is 18.5 Å². The lowest BCUT2D eigenvalue weighted by atomic mass is 9.78. The summed E-state index contributed by atoms with van der Waals surface area (Å²) in [6.07, 6.45) is 4.61. The molecule has 1 aliphatic rings. The maximum Gasteiger partial charge on any atom is 0.256 e. The molecule has 1 aliphatic carbocycles. The van der Waals surface area contributed by atoms with Gasteiger partial charge in [-0.25, -0.2) is 0 Å². The molecule has 0 aromatic heterocycles. The summed E-state index contributed by atoms with van der Waals surface area (Å²) in [6, 6.07) is 5.35. The molecule has 0 bridgehead atoms. The maximum absolute atomic E-state index is 12.9. The minimum atomic E-state index is -0.726. The summed E-state index contributed by atoms with van der Waals surface area (Å²) in [5.74, 6) is 1.06. The number of hydrogen-bond donors (Lipinski definition) is 1. The molecular weight excluding hydrogens is 326 g/mol.